The summed E-state index contributed by atoms with van der Waals surface area (Å²) in [6.45, 7) is 6.12. The van der Waals surface area contributed by atoms with Gasteiger partial charge in [0.05, 0.1) is 51.7 Å². The number of aromatic nitrogens is 2. The Labute approximate surface area is 280 Å². The Hall–Kier alpha value is -4.13. The van der Waals surface area contributed by atoms with Crippen molar-refractivity contribution < 1.29 is 38.4 Å². The van der Waals surface area contributed by atoms with Gasteiger partial charge in [-0.1, -0.05) is 41.9 Å². The van der Waals surface area contributed by atoms with E-state index in [0.29, 0.717) is 63.0 Å². The molecule has 2 amide bonds. The molecule has 2 N–H and O–H groups in total. The molecule has 0 aliphatic carbocycles. The van der Waals surface area contributed by atoms with Crippen molar-refractivity contribution in [3.05, 3.63) is 76.2 Å². The fourth-order valence-electron chi connectivity index (χ4n) is 5.38. The van der Waals surface area contributed by atoms with Crippen LogP contribution in [0.15, 0.2) is 48.5 Å². The van der Waals surface area contributed by atoms with Crippen LogP contribution in [0, 0.1) is 6.92 Å². The predicted octanol–water partition coefficient (Wildman–Crippen LogP) is 5.04. The van der Waals surface area contributed by atoms with E-state index in [4.69, 9.17) is 35.3 Å². The number of rotatable bonds is 17. The van der Waals surface area contributed by atoms with E-state index in [0.717, 1.165) is 29.0 Å². The first-order valence-electron chi connectivity index (χ1n) is 15.7. The summed E-state index contributed by atoms with van der Waals surface area (Å²) in [4.78, 5) is 33.0. The molecule has 1 saturated heterocycles. The maximum Gasteiger partial charge on any atom is 0.407 e. The van der Waals surface area contributed by atoms with Crippen LogP contribution >= 0.6 is 11.6 Å². The van der Waals surface area contributed by atoms with Crippen LogP contribution in [0.1, 0.15) is 48.2 Å². The van der Waals surface area contributed by atoms with E-state index < -0.39 is 6.09 Å². The monoisotopic (exact) mass is 670 g/mol. The number of methoxy groups -OCH3 is 1. The summed E-state index contributed by atoms with van der Waals surface area (Å²) in [6.07, 6.45) is 0.421. The molecule has 4 rings (SSSR count). The van der Waals surface area contributed by atoms with Crippen molar-refractivity contribution in [2.24, 2.45) is 0 Å². The molecule has 2 aromatic carbocycles. The van der Waals surface area contributed by atoms with Crippen LogP contribution in [0.3, 0.4) is 0 Å². The molecule has 0 bridgehead atoms. The highest BCUT2D eigenvalue weighted by Crippen LogP contribution is 2.32. The van der Waals surface area contributed by atoms with E-state index in [9.17, 15) is 14.7 Å². The summed E-state index contributed by atoms with van der Waals surface area (Å²) in [5.74, 6) is 2.21. The average Bonchev–Trinajstić information content (AvgIpc) is 3.06. The Bertz CT molecular complexity index is 1460. The minimum Gasteiger partial charge on any atom is -0.496 e. The van der Waals surface area contributed by atoms with Gasteiger partial charge in [-0.3, -0.25) is 4.79 Å². The zero-order valence-electron chi connectivity index (χ0n) is 27.1. The first-order valence-corrected chi connectivity index (χ1v) is 16.0. The van der Waals surface area contributed by atoms with Gasteiger partial charge in [-0.05, 0) is 43.5 Å². The van der Waals surface area contributed by atoms with Gasteiger partial charge < -0.3 is 39.0 Å². The molecule has 254 valence electrons. The SMILES string of the molecule is COc1ccccc1COCCCOc1ccc(C2CCN(C(=O)O)CC2OCCOc2nc(C)nc(Cl)c2CCNC(C)=O)cc1. The fraction of sp³-hybridized carbons (Fsp3) is 0.471. The highest BCUT2D eigenvalue weighted by Gasteiger charge is 2.33. The summed E-state index contributed by atoms with van der Waals surface area (Å²) >= 11 is 6.35. The van der Waals surface area contributed by atoms with Gasteiger partial charge in [0.2, 0.25) is 11.8 Å². The second-order valence-electron chi connectivity index (χ2n) is 11.1. The molecule has 0 spiro atoms. The van der Waals surface area contributed by atoms with Crippen molar-refractivity contribution in [2.75, 3.05) is 53.2 Å². The molecule has 0 saturated carbocycles. The summed E-state index contributed by atoms with van der Waals surface area (Å²) in [6, 6.07) is 15.7. The molecule has 12 nitrogen and oxygen atoms in total. The number of halogens is 1. The first-order chi connectivity index (χ1) is 22.7. The number of benzene rings is 2. The molecule has 1 aromatic heterocycles. The lowest BCUT2D eigenvalue weighted by Crippen LogP contribution is -2.46. The number of ether oxygens (including phenoxy) is 5. The zero-order valence-corrected chi connectivity index (χ0v) is 27.8. The summed E-state index contributed by atoms with van der Waals surface area (Å²) in [5, 5.41) is 12.6. The molecule has 1 aliphatic heterocycles. The second-order valence-corrected chi connectivity index (χ2v) is 11.5. The third-order valence-corrected chi connectivity index (χ3v) is 8.04. The quantitative estimate of drug-likeness (QED) is 0.148. The van der Waals surface area contributed by atoms with Gasteiger partial charge in [0, 0.05) is 37.9 Å². The zero-order chi connectivity index (χ0) is 33.6. The standard InChI is InChI=1S/C34H43ClN4O8/c1-23-37-32(35)29(13-15-36-24(2)40)33(38-23)47-20-19-46-31-21-39(34(41)42)16-14-28(31)25-9-11-27(12-10-25)45-18-6-17-44-22-26-7-4-5-8-30(26)43-3/h4-5,7-12,28,31H,6,13-22H2,1-3H3,(H,36,40)(H,41,42). The lowest BCUT2D eigenvalue weighted by Gasteiger charge is -2.37. The Morgan fingerprint density at radius 1 is 1.04 bits per heavy atom. The highest BCUT2D eigenvalue weighted by molar-refractivity contribution is 6.30. The van der Waals surface area contributed by atoms with Gasteiger partial charge in [-0.25, -0.2) is 9.78 Å². The molecular formula is C34H43ClN4O8. The minimum atomic E-state index is -0.973. The Balaban J connectivity index is 1.27. The number of carbonyl (C=O) groups excluding carboxylic acids is 1. The maximum absolute atomic E-state index is 11.8. The van der Waals surface area contributed by atoms with Crippen LogP contribution in [-0.2, 0) is 27.3 Å². The first kappa shape index (κ1) is 35.7. The molecular weight excluding hydrogens is 628 g/mol. The summed E-state index contributed by atoms with van der Waals surface area (Å²) in [7, 11) is 1.65. The molecule has 3 aromatic rings. The van der Waals surface area contributed by atoms with Gasteiger partial charge in [0.1, 0.15) is 29.1 Å². The smallest absolute Gasteiger partial charge is 0.407 e. The largest absolute Gasteiger partial charge is 0.496 e. The Kier molecular flexibility index (Phi) is 13.9. The van der Waals surface area contributed by atoms with Gasteiger partial charge in [-0.2, -0.15) is 4.98 Å². The molecule has 1 aliphatic rings. The topological polar surface area (TPSA) is 142 Å². The number of hydrogen-bond acceptors (Lipinski definition) is 9. The molecule has 2 unspecified atom stereocenters. The number of piperidine rings is 1. The molecule has 13 heteroatoms. The number of aryl methyl sites for hydroxylation is 1. The van der Waals surface area contributed by atoms with E-state index in [-0.39, 0.29) is 42.8 Å². The Morgan fingerprint density at radius 3 is 2.57 bits per heavy atom. The number of carbonyl (C=O) groups is 2. The normalized spacial score (nSPS) is 16.0. The van der Waals surface area contributed by atoms with E-state index >= 15 is 0 Å². The number of nitrogens with one attached hydrogen (secondary N) is 1. The lowest BCUT2D eigenvalue weighted by molar-refractivity contribution is -0.118. The van der Waals surface area contributed by atoms with Crippen LogP contribution in [0.5, 0.6) is 17.4 Å². The minimum absolute atomic E-state index is 0.00742. The predicted molar refractivity (Wildman–Crippen MR) is 176 cm³/mol. The molecule has 0 radical (unpaired) electrons. The fourth-order valence-corrected chi connectivity index (χ4v) is 5.67. The number of likely N-dealkylation sites (tertiary alicyclic amines) is 1. The average molecular weight is 671 g/mol. The van der Waals surface area contributed by atoms with Crippen molar-refractivity contribution in [3.63, 3.8) is 0 Å². The van der Waals surface area contributed by atoms with Crippen molar-refractivity contribution in [3.8, 4) is 17.4 Å². The molecule has 2 heterocycles. The third kappa shape index (κ3) is 11.0. The van der Waals surface area contributed by atoms with Gasteiger partial charge in [0.25, 0.3) is 0 Å². The van der Waals surface area contributed by atoms with E-state index in [2.05, 4.69) is 15.3 Å². The number of carboxylic acid groups (broad SMARTS) is 1. The van der Waals surface area contributed by atoms with Crippen LogP contribution in [-0.4, -0.2) is 91.3 Å². The maximum atomic E-state index is 11.8. The van der Waals surface area contributed by atoms with Crippen LogP contribution in [0.25, 0.3) is 0 Å². The second kappa shape index (κ2) is 18.3. The number of hydrogen-bond donors (Lipinski definition) is 2. The van der Waals surface area contributed by atoms with Gasteiger partial charge >= 0.3 is 6.09 Å². The van der Waals surface area contributed by atoms with Crippen molar-refractivity contribution >= 4 is 23.6 Å². The highest BCUT2D eigenvalue weighted by atomic mass is 35.5. The summed E-state index contributed by atoms with van der Waals surface area (Å²) in [5.41, 5.74) is 2.65. The van der Waals surface area contributed by atoms with Gasteiger partial charge in [0.15, 0.2) is 0 Å². The van der Waals surface area contributed by atoms with Gasteiger partial charge in [-0.15, -0.1) is 0 Å². The number of para-hydroxylation sites is 1. The molecule has 47 heavy (non-hydrogen) atoms. The van der Waals surface area contributed by atoms with Crippen LogP contribution in [0.4, 0.5) is 4.79 Å². The van der Waals surface area contributed by atoms with E-state index in [1.807, 2.05) is 48.5 Å². The van der Waals surface area contributed by atoms with Crippen molar-refractivity contribution in [1.29, 1.82) is 0 Å². The third-order valence-electron chi connectivity index (χ3n) is 7.72. The van der Waals surface area contributed by atoms with E-state index in [1.54, 1.807) is 14.0 Å². The summed E-state index contributed by atoms with van der Waals surface area (Å²) < 4.78 is 29.2. The lowest BCUT2D eigenvalue weighted by atomic mass is 9.87. The molecule has 1 fully saturated rings. The van der Waals surface area contributed by atoms with E-state index in [1.165, 1.54) is 11.8 Å². The number of nitrogens with zero attached hydrogens (tertiary/aromatic N) is 3. The van der Waals surface area contributed by atoms with Crippen LogP contribution in [0.2, 0.25) is 5.15 Å². The Morgan fingerprint density at radius 2 is 1.83 bits per heavy atom. The van der Waals surface area contributed by atoms with Crippen LogP contribution < -0.4 is 19.5 Å². The molecule has 2 atom stereocenters. The number of amides is 2. The van der Waals surface area contributed by atoms with Crippen molar-refractivity contribution in [1.82, 2.24) is 20.2 Å². The van der Waals surface area contributed by atoms with Crippen molar-refractivity contribution in [2.45, 2.75) is 51.7 Å².